The molecule has 6 aliphatic rings. The summed E-state index contributed by atoms with van der Waals surface area (Å²) in [5.74, 6) is 3.30. The van der Waals surface area contributed by atoms with Gasteiger partial charge < -0.3 is 9.47 Å². The summed E-state index contributed by atoms with van der Waals surface area (Å²) in [5, 5.41) is 0. The number of hydrogen-bond acceptors (Lipinski definition) is 3. The highest BCUT2D eigenvalue weighted by molar-refractivity contribution is 5.66. The first kappa shape index (κ1) is 24.5. The monoisotopic (exact) mass is 482 g/mol. The quantitative estimate of drug-likeness (QED) is 0.220. The van der Waals surface area contributed by atoms with Crippen molar-refractivity contribution in [3.63, 3.8) is 0 Å². The van der Waals surface area contributed by atoms with Crippen LogP contribution in [-0.4, -0.2) is 24.3 Å². The van der Waals surface area contributed by atoms with E-state index in [9.17, 15) is 4.79 Å². The first-order valence-corrected chi connectivity index (χ1v) is 14.7. The SMILES string of the molecule is C=C1[C@H](C)[C@H]2[C@H]3CC[C@@H]4[C@@]5(C)CC[C@H](OC(C)=O)C(C)(C)[C@@H]5CC[C@@]4(C)[C@]3(C)CC[C@@]2(C)[C@H]2O[C@@H]12. The van der Waals surface area contributed by atoms with Crippen molar-refractivity contribution in [1.29, 1.82) is 0 Å². The van der Waals surface area contributed by atoms with Crippen molar-refractivity contribution in [2.75, 3.05) is 0 Å². The van der Waals surface area contributed by atoms with Crippen LogP contribution in [-0.2, 0) is 14.3 Å². The molecular formula is C32H50O3. The molecule has 3 heteroatoms. The van der Waals surface area contributed by atoms with Crippen molar-refractivity contribution < 1.29 is 14.3 Å². The summed E-state index contributed by atoms with van der Waals surface area (Å²) < 4.78 is 12.2. The lowest BCUT2D eigenvalue weighted by atomic mass is 9.31. The first-order valence-electron chi connectivity index (χ1n) is 14.7. The van der Waals surface area contributed by atoms with Crippen molar-refractivity contribution >= 4 is 5.97 Å². The zero-order chi connectivity index (χ0) is 25.3. The second-order valence-electron chi connectivity index (χ2n) is 15.5. The highest BCUT2D eigenvalue weighted by atomic mass is 16.6. The zero-order valence-corrected chi connectivity index (χ0v) is 23.7. The molecule has 0 aromatic heterocycles. The van der Waals surface area contributed by atoms with E-state index in [2.05, 4.69) is 55.0 Å². The summed E-state index contributed by atoms with van der Waals surface area (Å²) in [6.45, 7) is 24.0. The normalized spacial score (nSPS) is 58.1. The summed E-state index contributed by atoms with van der Waals surface area (Å²) in [7, 11) is 0. The summed E-state index contributed by atoms with van der Waals surface area (Å²) in [4.78, 5) is 11.9. The number of fused-ring (bicyclic) bond motifs is 9. The van der Waals surface area contributed by atoms with Crippen LogP contribution in [0.1, 0.15) is 107 Å². The summed E-state index contributed by atoms with van der Waals surface area (Å²) in [6.07, 6.45) is 11.0. The maximum atomic E-state index is 11.9. The Bertz CT molecular complexity index is 952. The van der Waals surface area contributed by atoms with Crippen LogP contribution in [0.2, 0.25) is 0 Å². The van der Waals surface area contributed by atoms with Crippen molar-refractivity contribution in [2.24, 2.45) is 56.7 Å². The van der Waals surface area contributed by atoms with E-state index in [0.29, 0.717) is 51.6 Å². The van der Waals surface area contributed by atoms with Gasteiger partial charge in [-0.1, -0.05) is 55.0 Å². The van der Waals surface area contributed by atoms with E-state index in [4.69, 9.17) is 9.47 Å². The number of hydrogen-bond donors (Lipinski definition) is 0. The molecule has 3 nitrogen and oxygen atoms in total. The van der Waals surface area contributed by atoms with Crippen LogP contribution in [0, 0.1) is 56.7 Å². The van der Waals surface area contributed by atoms with Crippen LogP contribution >= 0.6 is 0 Å². The van der Waals surface area contributed by atoms with E-state index in [1.807, 2.05) is 0 Å². The third-order valence-corrected chi connectivity index (χ3v) is 14.2. The molecular weight excluding hydrogens is 432 g/mol. The van der Waals surface area contributed by atoms with E-state index in [-0.39, 0.29) is 17.5 Å². The van der Waals surface area contributed by atoms with Crippen molar-refractivity contribution in [1.82, 2.24) is 0 Å². The van der Waals surface area contributed by atoms with E-state index >= 15 is 0 Å². The molecule has 0 amide bonds. The third kappa shape index (κ3) is 2.86. The number of carbonyl (C=O) groups excluding carboxylic acids is 1. The number of ether oxygens (including phenoxy) is 2. The van der Waals surface area contributed by atoms with Gasteiger partial charge in [-0.2, -0.15) is 0 Å². The van der Waals surface area contributed by atoms with Gasteiger partial charge in [0.25, 0.3) is 0 Å². The van der Waals surface area contributed by atoms with Crippen molar-refractivity contribution in [3.8, 4) is 0 Å². The Morgan fingerprint density at radius 3 is 2.29 bits per heavy atom. The number of rotatable bonds is 1. The van der Waals surface area contributed by atoms with Crippen LogP contribution in [0.25, 0.3) is 0 Å². The minimum Gasteiger partial charge on any atom is -0.462 e. The predicted molar refractivity (Wildman–Crippen MR) is 140 cm³/mol. The highest BCUT2D eigenvalue weighted by Crippen LogP contribution is 2.78. The molecule has 0 bridgehead atoms. The lowest BCUT2D eigenvalue weighted by molar-refractivity contribution is -0.253. The molecule has 1 aliphatic heterocycles. The van der Waals surface area contributed by atoms with Gasteiger partial charge in [0.15, 0.2) is 0 Å². The number of carbonyl (C=O) groups is 1. The van der Waals surface area contributed by atoms with Gasteiger partial charge in [-0.3, -0.25) is 4.79 Å². The molecule has 5 saturated carbocycles. The fourth-order valence-corrected chi connectivity index (χ4v) is 12.2. The molecule has 12 atom stereocenters. The molecule has 0 radical (unpaired) electrons. The topological polar surface area (TPSA) is 38.8 Å². The van der Waals surface area contributed by atoms with Gasteiger partial charge in [-0.05, 0) is 103 Å². The largest absolute Gasteiger partial charge is 0.462 e. The van der Waals surface area contributed by atoms with Gasteiger partial charge in [0, 0.05) is 17.8 Å². The van der Waals surface area contributed by atoms with Crippen molar-refractivity contribution in [3.05, 3.63) is 12.2 Å². The zero-order valence-electron chi connectivity index (χ0n) is 23.7. The molecule has 0 N–H and O–H groups in total. The second-order valence-corrected chi connectivity index (χ2v) is 15.5. The maximum absolute atomic E-state index is 11.9. The van der Waals surface area contributed by atoms with Crippen LogP contribution in [0.4, 0.5) is 0 Å². The lowest BCUT2D eigenvalue weighted by Gasteiger charge is -2.73. The van der Waals surface area contributed by atoms with E-state index in [0.717, 1.165) is 18.3 Å². The highest BCUT2D eigenvalue weighted by Gasteiger charge is 2.73. The molecule has 196 valence electrons. The molecule has 0 aromatic carbocycles. The summed E-state index contributed by atoms with van der Waals surface area (Å²) >= 11 is 0. The predicted octanol–water partition coefficient (Wildman–Crippen LogP) is 7.58. The molecule has 0 spiro atoms. The third-order valence-electron chi connectivity index (χ3n) is 14.2. The molecule has 6 rings (SSSR count). The standard InChI is InChI=1S/C32H50O3/c1-18-19(2)26-27(35-26)30(7)16-17-31(8)21(25(18)30)10-11-23-29(6)14-13-24(34-20(3)33)28(4,5)22(29)12-15-32(23,31)9/h18,21-27H,2,10-17H2,1,3-9H3/t18-,21+,22-,23+,24-,25-,26-,27-,29-,30+,31+,32+/m0/s1. The Kier molecular flexibility index (Phi) is 5.02. The molecule has 1 saturated heterocycles. The van der Waals surface area contributed by atoms with Crippen LogP contribution in [0.3, 0.4) is 0 Å². The fraction of sp³-hybridized carbons (Fsp3) is 0.906. The Balaban J connectivity index is 1.35. The molecule has 5 aliphatic carbocycles. The van der Waals surface area contributed by atoms with Gasteiger partial charge in [-0.15, -0.1) is 0 Å². The minimum absolute atomic E-state index is 0.0385. The smallest absolute Gasteiger partial charge is 0.302 e. The van der Waals surface area contributed by atoms with Crippen molar-refractivity contribution in [2.45, 2.75) is 125 Å². The number of epoxide rings is 1. The molecule has 0 unspecified atom stereocenters. The molecule has 1 heterocycles. The second kappa shape index (κ2) is 7.17. The van der Waals surface area contributed by atoms with Gasteiger partial charge in [0.2, 0.25) is 0 Å². The first-order chi connectivity index (χ1) is 16.2. The lowest BCUT2D eigenvalue weighted by Crippen LogP contribution is -2.67. The Morgan fingerprint density at radius 1 is 0.886 bits per heavy atom. The average Bonchev–Trinajstić information content (AvgIpc) is 3.57. The van der Waals surface area contributed by atoms with Gasteiger partial charge in [0.05, 0.1) is 6.10 Å². The maximum Gasteiger partial charge on any atom is 0.302 e. The van der Waals surface area contributed by atoms with E-state index in [1.165, 1.54) is 50.5 Å². The van der Waals surface area contributed by atoms with Gasteiger partial charge >= 0.3 is 5.97 Å². The van der Waals surface area contributed by atoms with Crippen LogP contribution in [0.5, 0.6) is 0 Å². The van der Waals surface area contributed by atoms with Gasteiger partial charge in [-0.25, -0.2) is 0 Å². The Morgan fingerprint density at radius 2 is 1.60 bits per heavy atom. The molecule has 35 heavy (non-hydrogen) atoms. The summed E-state index contributed by atoms with van der Waals surface area (Å²) in [5.41, 5.74) is 2.82. The Labute approximate surface area is 214 Å². The van der Waals surface area contributed by atoms with Crippen LogP contribution < -0.4 is 0 Å². The average molecular weight is 483 g/mol. The van der Waals surface area contributed by atoms with Gasteiger partial charge in [0.1, 0.15) is 12.2 Å². The van der Waals surface area contributed by atoms with Crippen LogP contribution in [0.15, 0.2) is 12.2 Å². The molecule has 0 aromatic rings. The minimum atomic E-state index is -0.115. The Hall–Kier alpha value is -0.830. The molecule has 6 fully saturated rings. The van der Waals surface area contributed by atoms with E-state index in [1.54, 1.807) is 6.92 Å². The summed E-state index contributed by atoms with van der Waals surface area (Å²) in [6, 6.07) is 0. The van der Waals surface area contributed by atoms with E-state index < -0.39 is 0 Å². The number of esters is 1. The fourth-order valence-electron chi connectivity index (χ4n) is 12.2.